The molecule has 3 unspecified atom stereocenters. The number of imidazole rings is 1. The number of hydrogen-bond donors (Lipinski definition) is 3. The van der Waals surface area contributed by atoms with Crippen LogP contribution in [-0.2, 0) is 0 Å². The van der Waals surface area contributed by atoms with Crippen LogP contribution in [-0.4, -0.2) is 39.1 Å². The minimum Gasteiger partial charge on any atom is -0.464 e. The number of amidine groups is 1. The number of amides is 2. The summed E-state index contributed by atoms with van der Waals surface area (Å²) in [5.41, 5.74) is 3.61. The molecular weight excluding hydrogens is 446 g/mol. The van der Waals surface area contributed by atoms with E-state index in [9.17, 15) is 14.7 Å². The summed E-state index contributed by atoms with van der Waals surface area (Å²) in [6, 6.07) is 9.31. The second kappa shape index (κ2) is 8.35. The van der Waals surface area contributed by atoms with E-state index in [1.54, 1.807) is 24.5 Å². The van der Waals surface area contributed by atoms with Crippen molar-refractivity contribution in [2.75, 3.05) is 4.90 Å². The highest BCUT2D eigenvalue weighted by atomic mass is 16.3. The zero-order chi connectivity index (χ0) is 24.1. The average molecular weight is 472 g/mol. The largest absolute Gasteiger partial charge is 0.464 e. The van der Waals surface area contributed by atoms with Crippen LogP contribution >= 0.6 is 0 Å². The summed E-state index contributed by atoms with van der Waals surface area (Å²) in [7, 11) is 0. The van der Waals surface area contributed by atoms with Crippen LogP contribution in [0.5, 0.6) is 0 Å². The molecule has 2 aromatic heterocycles. The highest BCUT2D eigenvalue weighted by Gasteiger charge is 2.42. The van der Waals surface area contributed by atoms with Gasteiger partial charge < -0.3 is 14.5 Å². The molecule has 0 bridgehead atoms. The molecule has 1 saturated heterocycles. The van der Waals surface area contributed by atoms with Gasteiger partial charge in [0.05, 0.1) is 40.5 Å². The molecule has 3 N–H and O–H groups in total. The first kappa shape index (κ1) is 21.5. The maximum atomic E-state index is 13.7. The number of aromatic amines is 1. The van der Waals surface area contributed by atoms with Gasteiger partial charge in [0.25, 0.3) is 0 Å². The molecule has 6 rings (SSSR count). The molecule has 2 aliphatic rings. The molecule has 0 spiro atoms. The van der Waals surface area contributed by atoms with Crippen LogP contribution in [0.15, 0.2) is 63.2 Å². The molecule has 3 heterocycles. The Labute approximate surface area is 200 Å². The number of rotatable bonds is 3. The zero-order valence-corrected chi connectivity index (χ0v) is 19.2. The second-order valence-electron chi connectivity index (χ2n) is 9.26. The first-order valence-corrected chi connectivity index (χ1v) is 11.8. The number of benzene rings is 2. The SMILES string of the molecule is Cc1ccc2occ(C3C(=NC4CCCCC4O)NC(=O)N3c3ccc4nc[nH]c4c3)c(=O)c2c1. The van der Waals surface area contributed by atoms with Crippen LogP contribution in [0.4, 0.5) is 10.5 Å². The van der Waals surface area contributed by atoms with Gasteiger partial charge in [0, 0.05) is 5.69 Å². The number of aliphatic hydroxyl groups excluding tert-OH is 1. The fourth-order valence-corrected chi connectivity index (χ4v) is 5.08. The first-order valence-electron chi connectivity index (χ1n) is 11.8. The van der Waals surface area contributed by atoms with Gasteiger partial charge in [0.15, 0.2) is 5.43 Å². The summed E-state index contributed by atoms with van der Waals surface area (Å²) in [5, 5.41) is 13.8. The van der Waals surface area contributed by atoms with Crippen LogP contribution in [0.1, 0.15) is 42.9 Å². The molecule has 1 saturated carbocycles. The number of nitrogens with one attached hydrogen (secondary N) is 2. The van der Waals surface area contributed by atoms with Crippen LogP contribution < -0.4 is 15.6 Å². The maximum Gasteiger partial charge on any atom is 0.328 e. The third-order valence-electron chi connectivity index (χ3n) is 6.90. The molecule has 0 radical (unpaired) electrons. The standard InChI is InChI=1S/C26H25N5O4/c1-14-6-9-22-16(10-14)24(33)17(12-35-22)23-25(29-19-4-2-3-5-21(19)32)30-26(34)31(23)15-7-8-18-20(11-15)28-13-27-18/h6-13,19,21,23,32H,2-5H2,1H3,(H,27,28)(H,29,30,34). The number of aliphatic hydroxyl groups is 1. The molecule has 2 aromatic carbocycles. The summed E-state index contributed by atoms with van der Waals surface area (Å²) in [4.78, 5) is 40.6. The number of carbonyl (C=O) groups excluding carboxylic acids is 1. The van der Waals surface area contributed by atoms with Crippen molar-refractivity contribution in [2.45, 2.75) is 50.8 Å². The van der Waals surface area contributed by atoms with E-state index < -0.39 is 18.2 Å². The van der Waals surface area contributed by atoms with Crippen molar-refractivity contribution in [3.8, 4) is 0 Å². The average Bonchev–Trinajstić information content (AvgIpc) is 3.44. The highest BCUT2D eigenvalue weighted by Crippen LogP contribution is 2.34. The van der Waals surface area contributed by atoms with Crippen molar-refractivity contribution in [3.63, 3.8) is 0 Å². The van der Waals surface area contributed by atoms with Crippen molar-refractivity contribution in [1.29, 1.82) is 0 Å². The normalized spacial score (nSPS) is 23.9. The third-order valence-corrected chi connectivity index (χ3v) is 6.90. The summed E-state index contributed by atoms with van der Waals surface area (Å²) >= 11 is 0. The van der Waals surface area contributed by atoms with Gasteiger partial charge in [-0.3, -0.25) is 20.0 Å². The van der Waals surface area contributed by atoms with Gasteiger partial charge in [-0.15, -0.1) is 0 Å². The van der Waals surface area contributed by atoms with Crippen molar-refractivity contribution < 1.29 is 14.3 Å². The number of aryl methyl sites for hydroxylation is 1. The second-order valence-corrected chi connectivity index (χ2v) is 9.26. The Hall–Kier alpha value is -3.98. The lowest BCUT2D eigenvalue weighted by atomic mass is 9.93. The van der Waals surface area contributed by atoms with Gasteiger partial charge in [0.1, 0.15) is 23.7 Å². The molecule has 4 aromatic rings. The van der Waals surface area contributed by atoms with Crippen LogP contribution in [0.3, 0.4) is 0 Å². The number of carbonyl (C=O) groups is 1. The van der Waals surface area contributed by atoms with Gasteiger partial charge >= 0.3 is 6.03 Å². The third kappa shape index (κ3) is 3.68. The quantitative estimate of drug-likeness (QED) is 0.417. The topological polar surface area (TPSA) is 124 Å². The number of aliphatic imine (C=N–C) groups is 1. The molecule has 3 atom stereocenters. The monoisotopic (exact) mass is 471 g/mol. The Morgan fingerprint density at radius 1 is 1.14 bits per heavy atom. The van der Waals surface area contributed by atoms with Crippen molar-refractivity contribution in [1.82, 2.24) is 15.3 Å². The van der Waals surface area contributed by atoms with Crippen molar-refractivity contribution in [3.05, 3.63) is 70.3 Å². The van der Waals surface area contributed by atoms with Gasteiger partial charge in [0.2, 0.25) is 0 Å². The number of H-pyrrole nitrogens is 1. The molecule has 9 nitrogen and oxygen atoms in total. The van der Waals surface area contributed by atoms with E-state index in [2.05, 4.69) is 15.3 Å². The Balaban J connectivity index is 1.53. The molecule has 178 valence electrons. The Bertz CT molecular complexity index is 1540. The van der Waals surface area contributed by atoms with Gasteiger partial charge in [-0.25, -0.2) is 9.78 Å². The minimum atomic E-state index is -0.821. The van der Waals surface area contributed by atoms with Gasteiger partial charge in [-0.2, -0.15) is 0 Å². The number of fused-ring (bicyclic) bond motifs is 2. The van der Waals surface area contributed by atoms with Gasteiger partial charge in [-0.1, -0.05) is 24.5 Å². The molecule has 35 heavy (non-hydrogen) atoms. The summed E-state index contributed by atoms with van der Waals surface area (Å²) < 4.78 is 5.84. The van der Waals surface area contributed by atoms with E-state index in [1.165, 1.54) is 11.2 Å². The highest BCUT2D eigenvalue weighted by molar-refractivity contribution is 6.17. The van der Waals surface area contributed by atoms with E-state index in [1.807, 2.05) is 25.1 Å². The van der Waals surface area contributed by atoms with E-state index in [4.69, 9.17) is 9.41 Å². The fraction of sp³-hybridized carbons (Fsp3) is 0.308. The Morgan fingerprint density at radius 3 is 2.86 bits per heavy atom. The molecule has 1 aliphatic carbocycles. The number of nitrogens with zero attached hydrogens (tertiary/aromatic N) is 3. The number of urea groups is 1. The van der Waals surface area contributed by atoms with Crippen molar-refractivity contribution in [2.24, 2.45) is 4.99 Å². The molecule has 2 fully saturated rings. The minimum absolute atomic E-state index is 0.221. The fourth-order valence-electron chi connectivity index (χ4n) is 5.08. The maximum absolute atomic E-state index is 13.7. The number of hydrogen-bond acceptors (Lipinski definition) is 6. The summed E-state index contributed by atoms with van der Waals surface area (Å²) in [6.07, 6.45) is 5.71. The lowest BCUT2D eigenvalue weighted by molar-refractivity contribution is 0.109. The lowest BCUT2D eigenvalue weighted by Crippen LogP contribution is -2.34. The number of anilines is 1. The molecule has 1 aliphatic heterocycles. The smallest absolute Gasteiger partial charge is 0.328 e. The predicted octanol–water partition coefficient (Wildman–Crippen LogP) is 3.95. The molecule has 9 heteroatoms. The van der Waals surface area contributed by atoms with E-state index >= 15 is 0 Å². The van der Waals surface area contributed by atoms with Crippen LogP contribution in [0, 0.1) is 6.92 Å². The van der Waals surface area contributed by atoms with Gasteiger partial charge in [-0.05, 0) is 50.1 Å². The Kier molecular flexibility index (Phi) is 5.14. The zero-order valence-electron chi connectivity index (χ0n) is 19.2. The van der Waals surface area contributed by atoms with E-state index in [0.29, 0.717) is 34.5 Å². The summed E-state index contributed by atoms with van der Waals surface area (Å²) in [6.45, 7) is 1.91. The van der Waals surface area contributed by atoms with Crippen LogP contribution in [0.25, 0.3) is 22.0 Å². The summed E-state index contributed by atoms with van der Waals surface area (Å²) in [5.74, 6) is 0.338. The van der Waals surface area contributed by atoms with Crippen LogP contribution in [0.2, 0.25) is 0 Å². The van der Waals surface area contributed by atoms with E-state index in [-0.39, 0.29) is 11.5 Å². The molecule has 2 amide bonds. The van der Waals surface area contributed by atoms with Crippen molar-refractivity contribution >= 4 is 39.6 Å². The predicted molar refractivity (Wildman–Crippen MR) is 133 cm³/mol. The Morgan fingerprint density at radius 2 is 2.00 bits per heavy atom. The molecular formula is C26H25N5O4. The van der Waals surface area contributed by atoms with E-state index in [0.717, 1.165) is 35.9 Å². The number of aromatic nitrogens is 2. The lowest BCUT2D eigenvalue weighted by Gasteiger charge is -2.26. The first-order chi connectivity index (χ1) is 17.0.